The quantitative estimate of drug-likeness (QED) is 0.625. The van der Waals surface area contributed by atoms with Crippen LogP contribution in [-0.2, 0) is 11.8 Å². The molecule has 0 amide bonds. The van der Waals surface area contributed by atoms with E-state index in [1.165, 1.54) is 12.3 Å². The summed E-state index contributed by atoms with van der Waals surface area (Å²) in [5.74, 6) is 1.08. The minimum absolute atomic E-state index is 0.345. The molecule has 3 heterocycles. The standard InChI is InChI=1S/C20H22ClFN6O/c1-28-12-14(10-25-28)16-3-2-15(8-18(16)22)26-20-24-11-17(21)19(27-20)23-9-13-4-6-29-7-5-13/h2-3,8,10-13H,4-7,9H2,1H3,(H2,23,24,26,27). The van der Waals surface area contributed by atoms with Gasteiger partial charge in [-0.2, -0.15) is 10.1 Å². The fourth-order valence-corrected chi connectivity index (χ4v) is 3.42. The molecule has 4 rings (SSSR count). The molecule has 0 atom stereocenters. The highest BCUT2D eigenvalue weighted by molar-refractivity contribution is 6.32. The van der Waals surface area contributed by atoms with E-state index < -0.39 is 0 Å². The molecule has 1 aromatic carbocycles. The fourth-order valence-electron chi connectivity index (χ4n) is 3.26. The number of hydrogen-bond donors (Lipinski definition) is 2. The van der Waals surface area contributed by atoms with Crippen LogP contribution < -0.4 is 10.6 Å². The van der Waals surface area contributed by atoms with Gasteiger partial charge in [0.15, 0.2) is 5.82 Å². The molecule has 3 aromatic rings. The molecule has 0 unspecified atom stereocenters. The smallest absolute Gasteiger partial charge is 0.229 e. The lowest BCUT2D eigenvalue weighted by molar-refractivity contribution is 0.0699. The summed E-state index contributed by atoms with van der Waals surface area (Å²) in [5, 5.41) is 10.9. The molecule has 0 aliphatic carbocycles. The highest BCUT2D eigenvalue weighted by Gasteiger charge is 2.15. The van der Waals surface area contributed by atoms with Crippen LogP contribution in [0.1, 0.15) is 12.8 Å². The lowest BCUT2D eigenvalue weighted by Gasteiger charge is -2.22. The Labute approximate surface area is 173 Å². The van der Waals surface area contributed by atoms with Crippen molar-refractivity contribution in [2.75, 3.05) is 30.4 Å². The summed E-state index contributed by atoms with van der Waals surface area (Å²) in [7, 11) is 1.79. The number of nitrogens with zero attached hydrogens (tertiary/aromatic N) is 4. The molecule has 152 valence electrons. The third-order valence-corrected chi connectivity index (χ3v) is 5.16. The molecular weight excluding hydrogens is 395 g/mol. The highest BCUT2D eigenvalue weighted by atomic mass is 35.5. The molecule has 7 nitrogen and oxygen atoms in total. The van der Waals surface area contributed by atoms with Gasteiger partial charge in [-0.05, 0) is 37.0 Å². The van der Waals surface area contributed by atoms with Crippen molar-refractivity contribution >= 4 is 29.1 Å². The summed E-state index contributed by atoms with van der Waals surface area (Å²) in [4.78, 5) is 8.63. The molecule has 0 radical (unpaired) electrons. The number of hydrogen-bond acceptors (Lipinski definition) is 6. The second-order valence-electron chi connectivity index (χ2n) is 7.05. The largest absolute Gasteiger partial charge is 0.381 e. The number of nitrogens with one attached hydrogen (secondary N) is 2. The summed E-state index contributed by atoms with van der Waals surface area (Å²) >= 11 is 6.22. The van der Waals surface area contributed by atoms with Gasteiger partial charge in [-0.25, -0.2) is 9.37 Å². The minimum Gasteiger partial charge on any atom is -0.381 e. The average Bonchev–Trinajstić information content (AvgIpc) is 3.15. The monoisotopic (exact) mass is 416 g/mol. The zero-order chi connectivity index (χ0) is 20.2. The van der Waals surface area contributed by atoms with Crippen molar-refractivity contribution in [2.45, 2.75) is 12.8 Å². The molecule has 0 saturated carbocycles. The van der Waals surface area contributed by atoms with Crippen LogP contribution in [0.3, 0.4) is 0 Å². The van der Waals surface area contributed by atoms with E-state index in [4.69, 9.17) is 16.3 Å². The van der Waals surface area contributed by atoms with Crippen molar-refractivity contribution in [1.29, 1.82) is 0 Å². The van der Waals surface area contributed by atoms with Crippen molar-refractivity contribution in [1.82, 2.24) is 19.7 Å². The molecule has 0 bridgehead atoms. The first-order chi connectivity index (χ1) is 14.1. The Bertz CT molecular complexity index is 989. The summed E-state index contributed by atoms with van der Waals surface area (Å²) < 4.78 is 21.6. The van der Waals surface area contributed by atoms with Crippen molar-refractivity contribution < 1.29 is 9.13 Å². The van der Waals surface area contributed by atoms with Crippen LogP contribution in [-0.4, -0.2) is 39.5 Å². The third kappa shape index (κ3) is 4.83. The first kappa shape index (κ1) is 19.6. The van der Waals surface area contributed by atoms with Gasteiger partial charge in [0.2, 0.25) is 5.95 Å². The van der Waals surface area contributed by atoms with E-state index >= 15 is 0 Å². The second kappa shape index (κ2) is 8.75. The van der Waals surface area contributed by atoms with Crippen LogP contribution in [0.2, 0.25) is 5.02 Å². The Morgan fingerprint density at radius 2 is 2.10 bits per heavy atom. The summed E-state index contributed by atoms with van der Waals surface area (Å²) in [6.45, 7) is 2.35. The Balaban J connectivity index is 1.45. The van der Waals surface area contributed by atoms with E-state index in [2.05, 4.69) is 25.7 Å². The molecule has 29 heavy (non-hydrogen) atoms. The van der Waals surface area contributed by atoms with Gasteiger partial charge in [-0.15, -0.1) is 0 Å². The normalized spacial score (nSPS) is 14.7. The lowest BCUT2D eigenvalue weighted by atomic mass is 10.0. The van der Waals surface area contributed by atoms with E-state index in [0.717, 1.165) is 38.2 Å². The van der Waals surface area contributed by atoms with Crippen LogP contribution in [0.15, 0.2) is 36.8 Å². The Morgan fingerprint density at radius 3 is 2.83 bits per heavy atom. The van der Waals surface area contributed by atoms with Crippen molar-refractivity contribution in [3.63, 3.8) is 0 Å². The molecule has 2 aromatic heterocycles. The van der Waals surface area contributed by atoms with Gasteiger partial charge < -0.3 is 15.4 Å². The maximum Gasteiger partial charge on any atom is 0.229 e. The zero-order valence-electron chi connectivity index (χ0n) is 16.0. The molecule has 9 heteroatoms. The molecule has 1 fully saturated rings. The number of aromatic nitrogens is 4. The molecular formula is C20H22ClFN6O. The molecule has 1 saturated heterocycles. The number of anilines is 3. The number of halogens is 2. The van der Waals surface area contributed by atoms with Gasteiger partial charge in [0, 0.05) is 49.8 Å². The maximum absolute atomic E-state index is 14.6. The van der Waals surface area contributed by atoms with E-state index in [0.29, 0.717) is 34.0 Å². The Morgan fingerprint density at radius 1 is 1.28 bits per heavy atom. The van der Waals surface area contributed by atoms with Gasteiger partial charge in [-0.1, -0.05) is 11.6 Å². The van der Waals surface area contributed by atoms with Crippen molar-refractivity contribution in [3.05, 3.63) is 47.6 Å². The topological polar surface area (TPSA) is 76.9 Å². The number of benzene rings is 1. The Kier molecular flexibility index (Phi) is 5.92. The van der Waals surface area contributed by atoms with Gasteiger partial charge >= 0.3 is 0 Å². The second-order valence-corrected chi connectivity index (χ2v) is 7.46. The predicted octanol–water partition coefficient (Wildman–Crippen LogP) is 4.25. The van der Waals surface area contributed by atoms with Gasteiger partial charge in [-0.3, -0.25) is 4.68 Å². The van der Waals surface area contributed by atoms with Crippen molar-refractivity contribution in [3.8, 4) is 11.1 Å². The van der Waals surface area contributed by atoms with E-state index in [1.807, 2.05) is 0 Å². The van der Waals surface area contributed by atoms with Crippen LogP contribution >= 0.6 is 11.6 Å². The lowest BCUT2D eigenvalue weighted by Crippen LogP contribution is -2.23. The van der Waals surface area contributed by atoms with Crippen LogP contribution in [0.4, 0.5) is 21.8 Å². The third-order valence-electron chi connectivity index (χ3n) is 4.88. The summed E-state index contributed by atoms with van der Waals surface area (Å²) in [6, 6.07) is 4.89. The van der Waals surface area contributed by atoms with Crippen LogP contribution in [0, 0.1) is 11.7 Å². The van der Waals surface area contributed by atoms with Gasteiger partial charge in [0.05, 0.1) is 12.4 Å². The van der Waals surface area contributed by atoms with Crippen LogP contribution in [0.5, 0.6) is 0 Å². The number of aryl methyl sites for hydroxylation is 1. The van der Waals surface area contributed by atoms with E-state index in [1.54, 1.807) is 36.3 Å². The number of ether oxygens (including phenoxy) is 1. The average molecular weight is 417 g/mol. The SMILES string of the molecule is Cn1cc(-c2ccc(Nc3ncc(Cl)c(NCC4CCOCC4)n3)cc2F)cn1. The van der Waals surface area contributed by atoms with Gasteiger partial charge in [0.1, 0.15) is 10.8 Å². The Hall–Kier alpha value is -2.71. The zero-order valence-corrected chi connectivity index (χ0v) is 16.8. The molecule has 1 aliphatic rings. The van der Waals surface area contributed by atoms with E-state index in [-0.39, 0.29) is 5.82 Å². The summed E-state index contributed by atoms with van der Waals surface area (Å²) in [5.41, 5.74) is 1.76. The first-order valence-corrected chi connectivity index (χ1v) is 9.86. The van der Waals surface area contributed by atoms with Crippen LogP contribution in [0.25, 0.3) is 11.1 Å². The molecule has 2 N–H and O–H groups in total. The highest BCUT2D eigenvalue weighted by Crippen LogP contribution is 2.27. The predicted molar refractivity (Wildman–Crippen MR) is 111 cm³/mol. The molecule has 1 aliphatic heterocycles. The summed E-state index contributed by atoms with van der Waals surface area (Å²) in [6.07, 6.45) is 6.96. The number of rotatable bonds is 6. The fraction of sp³-hybridized carbons (Fsp3) is 0.350. The first-order valence-electron chi connectivity index (χ1n) is 9.48. The minimum atomic E-state index is -0.352. The van der Waals surface area contributed by atoms with Crippen molar-refractivity contribution in [2.24, 2.45) is 13.0 Å². The van der Waals surface area contributed by atoms with Gasteiger partial charge in [0.25, 0.3) is 0 Å². The molecule has 0 spiro atoms. The van der Waals surface area contributed by atoms with E-state index in [9.17, 15) is 4.39 Å². The maximum atomic E-state index is 14.6.